The average Bonchev–Trinajstić information content (AvgIpc) is 2.80. The molecule has 0 amide bonds. The lowest BCUT2D eigenvalue weighted by atomic mass is 10.1. The zero-order valence-electron chi connectivity index (χ0n) is 7.81. The summed E-state index contributed by atoms with van der Waals surface area (Å²) in [7, 11) is 0. The molecule has 0 spiro atoms. The fourth-order valence-corrected chi connectivity index (χ4v) is 1.65. The average molecular weight is 201 g/mol. The zero-order chi connectivity index (χ0) is 10.3. The Hall–Kier alpha value is -2.10. The lowest BCUT2D eigenvalue weighted by molar-refractivity contribution is 0.628. The van der Waals surface area contributed by atoms with Crippen molar-refractivity contribution in [2.24, 2.45) is 0 Å². The Morgan fingerprint density at radius 3 is 2.80 bits per heavy atom. The predicted octanol–water partition coefficient (Wildman–Crippen LogP) is 2.47. The van der Waals surface area contributed by atoms with E-state index in [4.69, 9.17) is 0 Å². The molecule has 2 aromatic heterocycles. The molecule has 0 fully saturated rings. The van der Waals surface area contributed by atoms with Crippen LogP contribution in [0.4, 0.5) is 4.39 Å². The van der Waals surface area contributed by atoms with Crippen LogP contribution in [0.1, 0.15) is 0 Å². The number of fused-ring (bicyclic) bond motifs is 1. The first-order chi connectivity index (χ1) is 7.34. The highest BCUT2D eigenvalue weighted by atomic mass is 19.1. The Kier molecular flexibility index (Phi) is 1.62. The number of aromatic amines is 1. The van der Waals surface area contributed by atoms with Crippen LogP contribution in [-0.4, -0.2) is 14.6 Å². The molecule has 4 heteroatoms. The minimum Gasteiger partial charge on any atom is -0.299 e. The van der Waals surface area contributed by atoms with Crippen molar-refractivity contribution in [1.82, 2.24) is 14.6 Å². The molecule has 0 saturated heterocycles. The van der Waals surface area contributed by atoms with Crippen molar-refractivity contribution in [2.45, 2.75) is 0 Å². The summed E-state index contributed by atoms with van der Waals surface area (Å²) in [4.78, 5) is 4.22. The standard InChI is InChI=1S/C11H8FN3/c12-9-3-1-8(2-4-9)10-7-14-15-6-5-13-11(10)15/h1-7,14H. The maximum absolute atomic E-state index is 12.8. The van der Waals surface area contributed by atoms with Crippen LogP contribution in [0, 0.1) is 5.82 Å². The second-order valence-electron chi connectivity index (χ2n) is 3.31. The minimum absolute atomic E-state index is 0.228. The number of imidazole rings is 1. The molecule has 0 bridgehead atoms. The molecule has 0 atom stereocenters. The van der Waals surface area contributed by atoms with E-state index in [9.17, 15) is 4.39 Å². The van der Waals surface area contributed by atoms with Crippen molar-refractivity contribution in [3.63, 3.8) is 0 Å². The number of nitrogens with zero attached hydrogens (tertiary/aromatic N) is 2. The number of rotatable bonds is 1. The van der Waals surface area contributed by atoms with Crippen LogP contribution < -0.4 is 0 Å². The monoisotopic (exact) mass is 201 g/mol. The highest BCUT2D eigenvalue weighted by molar-refractivity contribution is 5.76. The summed E-state index contributed by atoms with van der Waals surface area (Å²) in [6.45, 7) is 0. The van der Waals surface area contributed by atoms with Gasteiger partial charge in [-0.1, -0.05) is 12.1 Å². The maximum atomic E-state index is 12.8. The highest BCUT2D eigenvalue weighted by Crippen LogP contribution is 2.23. The third-order valence-electron chi connectivity index (χ3n) is 2.38. The van der Waals surface area contributed by atoms with Crippen molar-refractivity contribution in [2.75, 3.05) is 0 Å². The SMILES string of the molecule is Fc1ccc(-c2c[nH]n3ccnc23)cc1. The van der Waals surface area contributed by atoms with Crippen LogP contribution in [0.2, 0.25) is 0 Å². The fourth-order valence-electron chi connectivity index (χ4n) is 1.65. The summed E-state index contributed by atoms with van der Waals surface area (Å²) in [6.07, 6.45) is 5.41. The molecule has 3 aromatic rings. The van der Waals surface area contributed by atoms with Crippen molar-refractivity contribution >= 4 is 5.65 Å². The first-order valence-electron chi connectivity index (χ1n) is 4.61. The molecule has 0 saturated carbocycles. The van der Waals surface area contributed by atoms with E-state index in [1.165, 1.54) is 12.1 Å². The van der Waals surface area contributed by atoms with Crippen LogP contribution in [0.25, 0.3) is 16.8 Å². The molecule has 0 unspecified atom stereocenters. The van der Waals surface area contributed by atoms with Crippen LogP contribution in [-0.2, 0) is 0 Å². The van der Waals surface area contributed by atoms with Crippen molar-refractivity contribution in [3.05, 3.63) is 48.7 Å². The molecular formula is C11H8FN3. The van der Waals surface area contributed by atoms with Gasteiger partial charge in [0.25, 0.3) is 0 Å². The van der Waals surface area contributed by atoms with Gasteiger partial charge in [0.2, 0.25) is 0 Å². The number of hydrogen-bond donors (Lipinski definition) is 1. The molecule has 74 valence electrons. The van der Waals surface area contributed by atoms with E-state index in [1.54, 1.807) is 18.3 Å². The topological polar surface area (TPSA) is 33.1 Å². The third kappa shape index (κ3) is 1.22. The summed E-state index contributed by atoms with van der Waals surface area (Å²) in [6, 6.07) is 6.38. The van der Waals surface area contributed by atoms with Gasteiger partial charge >= 0.3 is 0 Å². The van der Waals surface area contributed by atoms with Crippen LogP contribution in [0.5, 0.6) is 0 Å². The smallest absolute Gasteiger partial charge is 0.160 e. The van der Waals surface area contributed by atoms with Crippen LogP contribution in [0.3, 0.4) is 0 Å². The van der Waals surface area contributed by atoms with Crippen LogP contribution >= 0.6 is 0 Å². The highest BCUT2D eigenvalue weighted by Gasteiger charge is 2.06. The second kappa shape index (κ2) is 2.95. The normalized spacial score (nSPS) is 11.0. The summed E-state index contributed by atoms with van der Waals surface area (Å²) in [5.74, 6) is -0.228. The van der Waals surface area contributed by atoms with Crippen molar-refractivity contribution < 1.29 is 4.39 Å². The molecule has 0 radical (unpaired) electrons. The first-order valence-corrected chi connectivity index (χ1v) is 4.61. The van der Waals surface area contributed by atoms with Crippen molar-refractivity contribution in [1.29, 1.82) is 0 Å². The van der Waals surface area contributed by atoms with Gasteiger partial charge in [-0.3, -0.25) is 5.10 Å². The molecular weight excluding hydrogens is 193 g/mol. The van der Waals surface area contributed by atoms with E-state index >= 15 is 0 Å². The summed E-state index contributed by atoms with van der Waals surface area (Å²) in [5, 5.41) is 3.04. The second-order valence-corrected chi connectivity index (χ2v) is 3.31. The van der Waals surface area contributed by atoms with Gasteiger partial charge in [-0.25, -0.2) is 13.9 Å². The molecule has 3 rings (SSSR count). The third-order valence-corrected chi connectivity index (χ3v) is 2.38. The van der Waals surface area contributed by atoms with E-state index < -0.39 is 0 Å². The number of nitrogens with one attached hydrogen (secondary N) is 1. The van der Waals surface area contributed by atoms with E-state index in [0.29, 0.717) is 0 Å². The molecule has 0 aliphatic rings. The predicted molar refractivity (Wildman–Crippen MR) is 54.9 cm³/mol. The molecule has 1 N–H and O–H groups in total. The molecule has 0 aliphatic carbocycles. The molecule has 2 heterocycles. The Morgan fingerprint density at radius 1 is 1.20 bits per heavy atom. The summed E-state index contributed by atoms with van der Waals surface area (Å²) >= 11 is 0. The van der Waals surface area contributed by atoms with Gasteiger partial charge < -0.3 is 0 Å². The van der Waals surface area contributed by atoms with Gasteiger partial charge in [-0.05, 0) is 17.7 Å². The van der Waals surface area contributed by atoms with E-state index in [0.717, 1.165) is 16.8 Å². The molecule has 1 aromatic carbocycles. The Labute approximate surface area is 85.2 Å². The summed E-state index contributed by atoms with van der Waals surface area (Å²) < 4.78 is 14.6. The molecule has 3 nitrogen and oxygen atoms in total. The minimum atomic E-state index is -0.228. The summed E-state index contributed by atoms with van der Waals surface area (Å²) in [5.41, 5.74) is 2.77. The molecule has 0 aliphatic heterocycles. The van der Waals surface area contributed by atoms with E-state index in [1.807, 2.05) is 16.9 Å². The Morgan fingerprint density at radius 2 is 2.00 bits per heavy atom. The van der Waals surface area contributed by atoms with Gasteiger partial charge in [0.1, 0.15) is 5.82 Å². The Balaban J connectivity index is 2.21. The number of benzene rings is 1. The number of aromatic nitrogens is 3. The lowest BCUT2D eigenvalue weighted by Gasteiger charge is -1.96. The van der Waals surface area contributed by atoms with Gasteiger partial charge in [-0.2, -0.15) is 0 Å². The Bertz CT molecular complexity index is 592. The molecule has 15 heavy (non-hydrogen) atoms. The van der Waals surface area contributed by atoms with E-state index in [2.05, 4.69) is 10.1 Å². The van der Waals surface area contributed by atoms with E-state index in [-0.39, 0.29) is 5.82 Å². The van der Waals surface area contributed by atoms with Gasteiger partial charge in [0.05, 0.1) is 0 Å². The fraction of sp³-hybridized carbons (Fsp3) is 0. The van der Waals surface area contributed by atoms with Crippen molar-refractivity contribution in [3.8, 4) is 11.1 Å². The van der Waals surface area contributed by atoms with Gasteiger partial charge in [0, 0.05) is 24.2 Å². The quantitative estimate of drug-likeness (QED) is 0.644. The number of hydrogen-bond acceptors (Lipinski definition) is 1. The first kappa shape index (κ1) is 8.23. The van der Waals surface area contributed by atoms with Crippen LogP contribution in [0.15, 0.2) is 42.9 Å². The van der Waals surface area contributed by atoms with Gasteiger partial charge in [-0.15, -0.1) is 0 Å². The van der Waals surface area contributed by atoms with Gasteiger partial charge in [0.15, 0.2) is 5.65 Å². The largest absolute Gasteiger partial charge is 0.299 e. The number of halogens is 1. The maximum Gasteiger partial charge on any atom is 0.160 e. The number of H-pyrrole nitrogens is 1. The lowest BCUT2D eigenvalue weighted by Crippen LogP contribution is -1.79. The zero-order valence-corrected chi connectivity index (χ0v) is 7.81.